The molecule has 1 aromatic rings. The van der Waals surface area contributed by atoms with E-state index in [1.165, 1.54) is 6.07 Å². The lowest BCUT2D eigenvalue weighted by molar-refractivity contribution is -0.0229. The van der Waals surface area contributed by atoms with Crippen LogP contribution in [0, 0.1) is 12.3 Å². The predicted molar refractivity (Wildman–Crippen MR) is 85.8 cm³/mol. The zero-order chi connectivity index (χ0) is 16.4. The molecule has 2 fully saturated rings. The van der Waals surface area contributed by atoms with Gasteiger partial charge in [0.1, 0.15) is 0 Å². The molecular weight excluding hydrogens is 294 g/mol. The molecule has 1 amide bonds. The molecule has 0 unspecified atom stereocenters. The van der Waals surface area contributed by atoms with Crippen LogP contribution in [0.15, 0.2) is 18.2 Å². The number of carbonyl (C=O) groups is 2. The molecule has 0 radical (unpaired) electrons. The lowest BCUT2D eigenvalue weighted by Crippen LogP contribution is -2.48. The molecule has 2 saturated heterocycles. The van der Waals surface area contributed by atoms with Crippen molar-refractivity contribution in [2.45, 2.75) is 32.6 Å². The minimum atomic E-state index is -0.998. The Balaban J connectivity index is 1.81. The number of carboxylic acids is 1. The second-order valence-electron chi connectivity index (χ2n) is 6.84. The third kappa shape index (κ3) is 3.39. The van der Waals surface area contributed by atoms with E-state index >= 15 is 0 Å². The molecule has 1 spiro atoms. The smallest absolute Gasteiger partial charge is 0.335 e. The first-order valence-corrected chi connectivity index (χ1v) is 8.21. The Kier molecular flexibility index (Phi) is 4.39. The Morgan fingerprint density at radius 1 is 1.13 bits per heavy atom. The number of benzene rings is 1. The van der Waals surface area contributed by atoms with Crippen LogP contribution in [0.3, 0.4) is 0 Å². The number of carbonyl (C=O) groups excluding carboxylic acids is 1. The summed E-state index contributed by atoms with van der Waals surface area (Å²) in [6, 6.07) is 4.86. The van der Waals surface area contributed by atoms with Gasteiger partial charge in [-0.05, 0) is 61.8 Å². The standard InChI is InChI=1S/C18H23NO4/c1-13-9-14(11-15(10-13)17(21)22)16(20)19-6-2-3-18(12-19)4-7-23-8-5-18/h9-11H,2-8,12H2,1H3,(H,21,22). The summed E-state index contributed by atoms with van der Waals surface area (Å²) in [5, 5.41) is 9.19. The molecule has 2 aliphatic rings. The number of nitrogens with zero attached hydrogens (tertiary/aromatic N) is 1. The molecule has 0 atom stereocenters. The third-order valence-corrected chi connectivity index (χ3v) is 5.07. The van der Waals surface area contributed by atoms with E-state index in [-0.39, 0.29) is 16.9 Å². The number of rotatable bonds is 2. The predicted octanol–water partition coefficient (Wildman–Crippen LogP) is 2.73. The van der Waals surface area contributed by atoms with Gasteiger partial charge in [-0.25, -0.2) is 4.79 Å². The van der Waals surface area contributed by atoms with Crippen molar-refractivity contribution in [2.24, 2.45) is 5.41 Å². The summed E-state index contributed by atoms with van der Waals surface area (Å²) in [6.45, 7) is 4.87. The van der Waals surface area contributed by atoms with Gasteiger partial charge < -0.3 is 14.7 Å². The summed E-state index contributed by atoms with van der Waals surface area (Å²) in [5.74, 6) is -1.05. The molecule has 23 heavy (non-hydrogen) atoms. The number of piperidine rings is 1. The first kappa shape index (κ1) is 16.0. The average molecular weight is 317 g/mol. The van der Waals surface area contributed by atoms with Gasteiger partial charge >= 0.3 is 5.97 Å². The number of ether oxygens (including phenoxy) is 1. The minimum absolute atomic E-state index is 0.0539. The Hall–Kier alpha value is -1.88. The molecule has 124 valence electrons. The van der Waals surface area contributed by atoms with Crippen LogP contribution in [-0.2, 0) is 4.74 Å². The van der Waals surface area contributed by atoms with Gasteiger partial charge in [-0.15, -0.1) is 0 Å². The molecule has 2 aliphatic heterocycles. The van der Waals surface area contributed by atoms with Gasteiger partial charge in [0.2, 0.25) is 0 Å². The fourth-order valence-corrected chi connectivity index (χ4v) is 3.81. The zero-order valence-corrected chi connectivity index (χ0v) is 13.5. The van der Waals surface area contributed by atoms with Gasteiger partial charge in [0.25, 0.3) is 5.91 Å². The molecule has 3 rings (SSSR count). The maximum atomic E-state index is 12.9. The Bertz CT molecular complexity index is 614. The fourth-order valence-electron chi connectivity index (χ4n) is 3.81. The maximum Gasteiger partial charge on any atom is 0.335 e. The van der Waals surface area contributed by atoms with Gasteiger partial charge in [-0.3, -0.25) is 4.79 Å². The van der Waals surface area contributed by atoms with Gasteiger partial charge in [-0.1, -0.05) is 0 Å². The van der Waals surface area contributed by atoms with Crippen molar-refractivity contribution in [2.75, 3.05) is 26.3 Å². The Morgan fingerprint density at radius 2 is 1.83 bits per heavy atom. The number of aryl methyl sites for hydroxylation is 1. The summed E-state index contributed by atoms with van der Waals surface area (Å²) in [7, 11) is 0. The van der Waals surface area contributed by atoms with Crippen LogP contribution in [-0.4, -0.2) is 48.2 Å². The first-order valence-electron chi connectivity index (χ1n) is 8.21. The highest BCUT2D eigenvalue weighted by Crippen LogP contribution is 2.39. The van der Waals surface area contributed by atoms with Crippen molar-refractivity contribution in [3.8, 4) is 0 Å². The van der Waals surface area contributed by atoms with Gasteiger partial charge in [-0.2, -0.15) is 0 Å². The second-order valence-corrected chi connectivity index (χ2v) is 6.84. The van der Waals surface area contributed by atoms with E-state index in [0.29, 0.717) is 5.56 Å². The summed E-state index contributed by atoms with van der Waals surface area (Å²) in [5.41, 5.74) is 1.63. The van der Waals surface area contributed by atoms with Gasteiger partial charge in [0.15, 0.2) is 0 Å². The van der Waals surface area contributed by atoms with E-state index < -0.39 is 5.97 Å². The van der Waals surface area contributed by atoms with Crippen LogP contribution < -0.4 is 0 Å². The van der Waals surface area contributed by atoms with Crippen LogP contribution >= 0.6 is 0 Å². The van der Waals surface area contributed by atoms with Crippen LogP contribution in [0.4, 0.5) is 0 Å². The van der Waals surface area contributed by atoms with E-state index in [4.69, 9.17) is 4.74 Å². The van der Waals surface area contributed by atoms with Crippen LogP contribution in [0.2, 0.25) is 0 Å². The molecule has 1 N–H and O–H groups in total. The van der Waals surface area contributed by atoms with Crippen molar-refractivity contribution in [3.05, 3.63) is 34.9 Å². The van der Waals surface area contributed by atoms with Crippen molar-refractivity contribution >= 4 is 11.9 Å². The molecular formula is C18H23NO4. The van der Waals surface area contributed by atoms with Crippen LogP contribution in [0.1, 0.15) is 52.0 Å². The fraction of sp³-hybridized carbons (Fsp3) is 0.556. The number of likely N-dealkylation sites (tertiary alicyclic amines) is 1. The van der Waals surface area contributed by atoms with E-state index in [2.05, 4.69) is 0 Å². The number of carboxylic acid groups (broad SMARTS) is 1. The second kappa shape index (κ2) is 6.32. The lowest BCUT2D eigenvalue weighted by atomic mass is 9.74. The first-order chi connectivity index (χ1) is 11.0. The van der Waals surface area contributed by atoms with E-state index in [0.717, 1.165) is 57.6 Å². The SMILES string of the molecule is Cc1cc(C(=O)O)cc(C(=O)N2CCCC3(CCOCC3)C2)c1. The number of aromatic carboxylic acids is 1. The highest BCUT2D eigenvalue weighted by molar-refractivity contribution is 5.97. The molecule has 0 saturated carbocycles. The quantitative estimate of drug-likeness (QED) is 0.911. The van der Waals surface area contributed by atoms with Crippen LogP contribution in [0.25, 0.3) is 0 Å². The van der Waals surface area contributed by atoms with Crippen molar-refractivity contribution in [1.82, 2.24) is 4.90 Å². The van der Waals surface area contributed by atoms with E-state index in [1.54, 1.807) is 12.1 Å². The van der Waals surface area contributed by atoms with Crippen LogP contribution in [0.5, 0.6) is 0 Å². The Labute approximate surface area is 136 Å². The molecule has 5 nitrogen and oxygen atoms in total. The molecule has 1 aromatic carbocycles. The Morgan fingerprint density at radius 3 is 2.52 bits per heavy atom. The largest absolute Gasteiger partial charge is 0.478 e. The normalized spacial score (nSPS) is 20.5. The van der Waals surface area contributed by atoms with E-state index in [1.807, 2.05) is 11.8 Å². The van der Waals surface area contributed by atoms with Gasteiger partial charge in [0.05, 0.1) is 5.56 Å². The summed E-state index contributed by atoms with van der Waals surface area (Å²) in [6.07, 6.45) is 4.16. The molecule has 0 bridgehead atoms. The van der Waals surface area contributed by atoms with Crippen molar-refractivity contribution in [1.29, 1.82) is 0 Å². The summed E-state index contributed by atoms with van der Waals surface area (Å²) >= 11 is 0. The number of hydrogen-bond acceptors (Lipinski definition) is 3. The summed E-state index contributed by atoms with van der Waals surface area (Å²) < 4.78 is 5.47. The van der Waals surface area contributed by atoms with Crippen molar-refractivity contribution < 1.29 is 19.4 Å². The average Bonchev–Trinajstić information content (AvgIpc) is 2.54. The van der Waals surface area contributed by atoms with Gasteiger partial charge in [0, 0.05) is 31.9 Å². The minimum Gasteiger partial charge on any atom is -0.478 e. The van der Waals surface area contributed by atoms with E-state index in [9.17, 15) is 14.7 Å². The van der Waals surface area contributed by atoms with Crippen molar-refractivity contribution in [3.63, 3.8) is 0 Å². The summed E-state index contributed by atoms with van der Waals surface area (Å²) in [4.78, 5) is 26.0. The molecule has 0 aliphatic carbocycles. The molecule has 5 heteroatoms. The maximum absolute atomic E-state index is 12.9. The molecule has 0 aromatic heterocycles. The highest BCUT2D eigenvalue weighted by Gasteiger charge is 2.38. The topological polar surface area (TPSA) is 66.8 Å². The zero-order valence-electron chi connectivity index (χ0n) is 13.5. The highest BCUT2D eigenvalue weighted by atomic mass is 16.5. The molecule has 2 heterocycles. The lowest BCUT2D eigenvalue weighted by Gasteiger charge is -2.45. The monoisotopic (exact) mass is 317 g/mol. The number of amides is 1. The third-order valence-electron chi connectivity index (χ3n) is 5.07. The number of hydrogen-bond donors (Lipinski definition) is 1.